The van der Waals surface area contributed by atoms with Gasteiger partial charge in [0.1, 0.15) is 0 Å². The molecule has 0 atom stereocenters. The van der Waals surface area contributed by atoms with Crippen molar-refractivity contribution in [3.8, 4) is 0 Å². The van der Waals surface area contributed by atoms with E-state index in [9.17, 15) is 4.79 Å². The van der Waals surface area contributed by atoms with Gasteiger partial charge in [-0.1, -0.05) is 0 Å². The molecule has 4 nitrogen and oxygen atoms in total. The number of hydrogen-bond donors (Lipinski definition) is 1. The molecule has 72 valence electrons. The Morgan fingerprint density at radius 2 is 2.17 bits per heavy atom. The van der Waals surface area contributed by atoms with Gasteiger partial charge in [-0.3, -0.25) is 4.79 Å². The van der Waals surface area contributed by atoms with E-state index in [4.69, 9.17) is 9.47 Å². The Balaban J connectivity index is 3.03. The Kier molecular flexibility index (Phi) is 8.05. The zero-order valence-corrected chi connectivity index (χ0v) is 7.76. The third-order valence-corrected chi connectivity index (χ3v) is 1.29. The Morgan fingerprint density at radius 3 is 2.75 bits per heavy atom. The van der Waals surface area contributed by atoms with Crippen molar-refractivity contribution in [3.63, 3.8) is 0 Å². The predicted octanol–water partition coefficient (Wildman–Crippen LogP) is 0.176. The number of carbonyl (C=O) groups excluding carboxylic acids is 1. The number of rotatable bonds is 7. The van der Waals surface area contributed by atoms with Crippen LogP contribution in [-0.4, -0.2) is 39.4 Å². The number of esters is 1. The van der Waals surface area contributed by atoms with Crippen molar-refractivity contribution in [2.24, 2.45) is 0 Å². The highest BCUT2D eigenvalue weighted by Gasteiger charge is 1.98. The zero-order chi connectivity index (χ0) is 9.23. The van der Waals surface area contributed by atoms with Crippen LogP contribution in [0.3, 0.4) is 0 Å². The van der Waals surface area contributed by atoms with Crippen molar-refractivity contribution in [1.82, 2.24) is 5.32 Å². The van der Waals surface area contributed by atoms with E-state index < -0.39 is 0 Å². The molecule has 0 heterocycles. The molecule has 0 aromatic heterocycles. The first kappa shape index (κ1) is 11.4. The maximum atomic E-state index is 10.8. The molecule has 0 saturated carbocycles. The molecule has 0 aromatic carbocycles. The lowest BCUT2D eigenvalue weighted by Gasteiger charge is -2.03. The molecule has 0 aliphatic carbocycles. The Labute approximate surface area is 73.2 Å². The van der Waals surface area contributed by atoms with E-state index in [2.05, 4.69) is 5.32 Å². The molecular formula is C8H17NO3. The van der Waals surface area contributed by atoms with Gasteiger partial charge in [0, 0.05) is 20.2 Å². The first-order valence-electron chi connectivity index (χ1n) is 4.16. The van der Waals surface area contributed by atoms with Crippen molar-refractivity contribution < 1.29 is 14.3 Å². The van der Waals surface area contributed by atoms with Crippen molar-refractivity contribution in [1.29, 1.82) is 0 Å². The molecule has 0 bridgehead atoms. The monoisotopic (exact) mass is 175 g/mol. The number of ether oxygens (including phenoxy) is 2. The lowest BCUT2D eigenvalue weighted by Crippen LogP contribution is -2.23. The van der Waals surface area contributed by atoms with Crippen LogP contribution >= 0.6 is 0 Å². The van der Waals surface area contributed by atoms with Crippen molar-refractivity contribution >= 4 is 5.97 Å². The second-order valence-electron chi connectivity index (χ2n) is 2.30. The first-order chi connectivity index (χ1) is 5.81. The van der Waals surface area contributed by atoms with E-state index in [1.54, 1.807) is 14.0 Å². The molecule has 0 aromatic rings. The highest BCUT2D eigenvalue weighted by atomic mass is 16.5. The van der Waals surface area contributed by atoms with Gasteiger partial charge < -0.3 is 14.8 Å². The number of methoxy groups -OCH3 is 1. The van der Waals surface area contributed by atoms with Gasteiger partial charge in [-0.05, 0) is 6.92 Å². The Hall–Kier alpha value is -0.610. The van der Waals surface area contributed by atoms with E-state index in [1.807, 2.05) is 0 Å². The van der Waals surface area contributed by atoms with Crippen LogP contribution in [-0.2, 0) is 14.3 Å². The summed E-state index contributed by atoms with van der Waals surface area (Å²) in [5.74, 6) is -0.151. The minimum absolute atomic E-state index is 0.151. The van der Waals surface area contributed by atoms with Crippen LogP contribution in [0.2, 0.25) is 0 Å². The van der Waals surface area contributed by atoms with Gasteiger partial charge >= 0.3 is 5.97 Å². The summed E-state index contributed by atoms with van der Waals surface area (Å²) >= 11 is 0. The quantitative estimate of drug-likeness (QED) is 0.443. The van der Waals surface area contributed by atoms with Crippen LogP contribution in [0, 0.1) is 0 Å². The summed E-state index contributed by atoms with van der Waals surface area (Å²) in [6.07, 6.45) is 0.428. The van der Waals surface area contributed by atoms with Crippen LogP contribution in [0.1, 0.15) is 13.3 Å². The molecule has 0 aliphatic rings. The minimum atomic E-state index is -0.151. The fourth-order valence-electron chi connectivity index (χ4n) is 0.723. The molecule has 0 spiro atoms. The standard InChI is InChI=1S/C8H17NO3/c1-3-12-8(10)4-5-9-6-7-11-2/h9H,3-7H2,1-2H3. The summed E-state index contributed by atoms with van der Waals surface area (Å²) in [5, 5.41) is 3.05. The Morgan fingerprint density at radius 1 is 1.42 bits per heavy atom. The molecule has 0 fully saturated rings. The van der Waals surface area contributed by atoms with Crippen LogP contribution < -0.4 is 5.32 Å². The molecule has 0 radical (unpaired) electrons. The molecule has 1 N–H and O–H groups in total. The average molecular weight is 175 g/mol. The largest absolute Gasteiger partial charge is 0.466 e. The van der Waals surface area contributed by atoms with Gasteiger partial charge in [0.05, 0.1) is 19.6 Å². The third-order valence-electron chi connectivity index (χ3n) is 1.29. The summed E-state index contributed by atoms with van der Waals surface area (Å²) in [5.41, 5.74) is 0. The van der Waals surface area contributed by atoms with Crippen LogP contribution in [0.15, 0.2) is 0 Å². The second kappa shape index (κ2) is 8.49. The smallest absolute Gasteiger partial charge is 0.307 e. The van der Waals surface area contributed by atoms with Gasteiger partial charge in [0.25, 0.3) is 0 Å². The summed E-state index contributed by atoms with van der Waals surface area (Å²) in [6.45, 7) is 4.36. The topological polar surface area (TPSA) is 47.6 Å². The molecule has 0 rings (SSSR count). The maximum Gasteiger partial charge on any atom is 0.307 e. The van der Waals surface area contributed by atoms with Crippen molar-refractivity contribution in [2.45, 2.75) is 13.3 Å². The average Bonchev–Trinajstić information content (AvgIpc) is 2.05. The molecule has 0 aliphatic heterocycles. The molecule has 0 amide bonds. The van der Waals surface area contributed by atoms with Gasteiger partial charge in [-0.2, -0.15) is 0 Å². The lowest BCUT2D eigenvalue weighted by molar-refractivity contribution is -0.142. The normalized spacial score (nSPS) is 9.83. The first-order valence-corrected chi connectivity index (χ1v) is 4.16. The molecule has 4 heteroatoms. The van der Waals surface area contributed by atoms with Gasteiger partial charge in [0.2, 0.25) is 0 Å². The highest BCUT2D eigenvalue weighted by Crippen LogP contribution is 1.83. The van der Waals surface area contributed by atoms with Gasteiger partial charge in [0.15, 0.2) is 0 Å². The van der Waals surface area contributed by atoms with Crippen LogP contribution in [0.25, 0.3) is 0 Å². The zero-order valence-electron chi connectivity index (χ0n) is 7.76. The highest BCUT2D eigenvalue weighted by molar-refractivity contribution is 5.69. The molecule has 12 heavy (non-hydrogen) atoms. The van der Waals surface area contributed by atoms with Crippen LogP contribution in [0.4, 0.5) is 0 Å². The number of carbonyl (C=O) groups is 1. The summed E-state index contributed by atoms with van der Waals surface area (Å²) in [7, 11) is 1.65. The van der Waals surface area contributed by atoms with Crippen LogP contribution in [0.5, 0.6) is 0 Å². The molecular weight excluding hydrogens is 158 g/mol. The predicted molar refractivity (Wildman–Crippen MR) is 46.0 cm³/mol. The summed E-state index contributed by atoms with van der Waals surface area (Å²) < 4.78 is 9.56. The van der Waals surface area contributed by atoms with Crippen molar-refractivity contribution in [3.05, 3.63) is 0 Å². The SMILES string of the molecule is CCOC(=O)CCNCCOC. The van der Waals surface area contributed by atoms with Gasteiger partial charge in [-0.25, -0.2) is 0 Å². The fraction of sp³-hybridized carbons (Fsp3) is 0.875. The Bertz CT molecular complexity index is 117. The van der Waals surface area contributed by atoms with E-state index in [0.717, 1.165) is 6.54 Å². The van der Waals surface area contributed by atoms with Gasteiger partial charge in [-0.15, -0.1) is 0 Å². The summed E-state index contributed by atoms with van der Waals surface area (Å²) in [6, 6.07) is 0. The fourth-order valence-corrected chi connectivity index (χ4v) is 0.723. The van der Waals surface area contributed by atoms with E-state index in [0.29, 0.717) is 26.2 Å². The maximum absolute atomic E-state index is 10.8. The molecule has 0 saturated heterocycles. The number of hydrogen-bond acceptors (Lipinski definition) is 4. The van der Waals surface area contributed by atoms with E-state index in [1.165, 1.54) is 0 Å². The molecule has 0 unspecified atom stereocenters. The van der Waals surface area contributed by atoms with E-state index in [-0.39, 0.29) is 5.97 Å². The van der Waals surface area contributed by atoms with Crippen molar-refractivity contribution in [2.75, 3.05) is 33.4 Å². The lowest BCUT2D eigenvalue weighted by atomic mass is 10.4. The summed E-state index contributed by atoms with van der Waals surface area (Å²) in [4.78, 5) is 10.8. The number of nitrogens with one attached hydrogen (secondary N) is 1. The van der Waals surface area contributed by atoms with E-state index >= 15 is 0 Å². The third kappa shape index (κ3) is 7.50. The second-order valence-corrected chi connectivity index (χ2v) is 2.30. The minimum Gasteiger partial charge on any atom is -0.466 e.